The van der Waals surface area contributed by atoms with Crippen molar-refractivity contribution in [1.82, 2.24) is 9.55 Å². The van der Waals surface area contributed by atoms with Crippen LogP contribution in [0.15, 0.2) is 36.8 Å². The molecule has 2 rings (SSSR count). The average Bonchev–Trinajstić information content (AvgIpc) is 2.84. The number of aromatic nitrogens is 2. The van der Waals surface area contributed by atoms with Gasteiger partial charge in [-0.05, 0) is 25.1 Å². The minimum Gasteiger partial charge on any atom is -0.377 e. The molecule has 0 radical (unpaired) electrons. The molecule has 0 saturated carbocycles. The average molecular weight is 244 g/mol. The molecule has 0 fully saturated rings. The van der Waals surface area contributed by atoms with Gasteiger partial charge in [-0.3, -0.25) is 4.98 Å². The van der Waals surface area contributed by atoms with Crippen molar-refractivity contribution in [2.24, 2.45) is 0 Å². The van der Waals surface area contributed by atoms with Gasteiger partial charge in [0.05, 0.1) is 24.1 Å². The second-order valence-electron chi connectivity index (χ2n) is 4.43. The summed E-state index contributed by atoms with van der Waals surface area (Å²) in [5.41, 5.74) is 3.50. The van der Waals surface area contributed by atoms with E-state index in [2.05, 4.69) is 45.0 Å². The summed E-state index contributed by atoms with van der Waals surface area (Å²) in [7, 11) is 4.07. The largest absolute Gasteiger partial charge is 0.377 e. The summed E-state index contributed by atoms with van der Waals surface area (Å²) in [6.07, 6.45) is 5.79. The van der Waals surface area contributed by atoms with E-state index in [1.807, 2.05) is 32.6 Å². The van der Waals surface area contributed by atoms with Crippen LogP contribution in [-0.2, 0) is 13.1 Å². The summed E-state index contributed by atoms with van der Waals surface area (Å²) in [5, 5.41) is 3.45. The number of hydrogen-bond acceptors (Lipinski definition) is 3. The molecular formula is C14H20N4. The van der Waals surface area contributed by atoms with E-state index in [9.17, 15) is 0 Å². The maximum Gasteiger partial charge on any atom is 0.0767 e. The highest BCUT2D eigenvalue weighted by molar-refractivity contribution is 5.68. The minimum atomic E-state index is 0.813. The molecular weight excluding hydrogens is 224 g/mol. The zero-order chi connectivity index (χ0) is 13.0. The highest BCUT2D eigenvalue weighted by Gasteiger charge is 2.05. The maximum absolute atomic E-state index is 4.17. The van der Waals surface area contributed by atoms with Crippen molar-refractivity contribution < 1.29 is 0 Å². The van der Waals surface area contributed by atoms with Crippen molar-refractivity contribution in [2.75, 3.05) is 24.3 Å². The normalized spacial score (nSPS) is 10.4. The fourth-order valence-electron chi connectivity index (χ4n) is 2.02. The lowest BCUT2D eigenvalue weighted by molar-refractivity contribution is 0.724. The molecule has 96 valence electrons. The van der Waals surface area contributed by atoms with Gasteiger partial charge in [-0.25, -0.2) is 0 Å². The van der Waals surface area contributed by atoms with E-state index in [1.54, 1.807) is 0 Å². The van der Waals surface area contributed by atoms with Crippen molar-refractivity contribution in [3.05, 3.63) is 42.5 Å². The topological polar surface area (TPSA) is 33.1 Å². The summed E-state index contributed by atoms with van der Waals surface area (Å²) in [5.74, 6) is 0. The molecule has 0 aliphatic heterocycles. The predicted molar refractivity (Wildman–Crippen MR) is 76.0 cm³/mol. The molecule has 4 heteroatoms. The van der Waals surface area contributed by atoms with Gasteiger partial charge in [0.15, 0.2) is 0 Å². The van der Waals surface area contributed by atoms with Crippen molar-refractivity contribution in [3.63, 3.8) is 0 Å². The minimum absolute atomic E-state index is 0.813. The van der Waals surface area contributed by atoms with Gasteiger partial charge in [-0.2, -0.15) is 0 Å². The Bertz CT molecular complexity index is 502. The quantitative estimate of drug-likeness (QED) is 0.877. The summed E-state index contributed by atoms with van der Waals surface area (Å²) in [4.78, 5) is 6.26. The van der Waals surface area contributed by atoms with E-state index in [1.165, 1.54) is 5.69 Å². The van der Waals surface area contributed by atoms with Crippen LogP contribution in [0, 0.1) is 0 Å². The molecule has 0 bridgehead atoms. The van der Waals surface area contributed by atoms with Gasteiger partial charge in [0, 0.05) is 38.7 Å². The zero-order valence-electron chi connectivity index (χ0n) is 11.2. The van der Waals surface area contributed by atoms with Crippen LogP contribution in [0.4, 0.5) is 11.4 Å². The Labute approximate surface area is 108 Å². The Kier molecular flexibility index (Phi) is 3.87. The molecule has 0 aliphatic carbocycles. The van der Waals surface area contributed by atoms with E-state index in [0.717, 1.165) is 24.5 Å². The monoisotopic (exact) mass is 244 g/mol. The standard InChI is InChI=1S/C14H20N4/c1-4-18-9-5-6-12(18)10-16-13-11-15-8-7-14(13)17(2)3/h5-9,11,16H,4,10H2,1-3H3. The summed E-state index contributed by atoms with van der Waals surface area (Å²) < 4.78 is 2.23. The van der Waals surface area contributed by atoms with Gasteiger partial charge in [0.2, 0.25) is 0 Å². The third-order valence-electron chi connectivity index (χ3n) is 3.00. The molecule has 0 amide bonds. The zero-order valence-corrected chi connectivity index (χ0v) is 11.2. The lowest BCUT2D eigenvalue weighted by Crippen LogP contribution is -2.13. The van der Waals surface area contributed by atoms with Crippen LogP contribution in [-0.4, -0.2) is 23.6 Å². The Morgan fingerprint density at radius 1 is 1.33 bits per heavy atom. The number of nitrogens with one attached hydrogen (secondary N) is 1. The number of aryl methyl sites for hydroxylation is 1. The molecule has 2 aromatic heterocycles. The van der Waals surface area contributed by atoms with Gasteiger partial charge in [-0.1, -0.05) is 0 Å². The molecule has 18 heavy (non-hydrogen) atoms. The van der Waals surface area contributed by atoms with Gasteiger partial charge >= 0.3 is 0 Å². The first-order valence-corrected chi connectivity index (χ1v) is 6.21. The molecule has 0 spiro atoms. The second kappa shape index (κ2) is 5.58. The smallest absolute Gasteiger partial charge is 0.0767 e. The summed E-state index contributed by atoms with van der Waals surface area (Å²) in [6.45, 7) is 3.96. The molecule has 1 N–H and O–H groups in total. The first-order chi connectivity index (χ1) is 8.72. The van der Waals surface area contributed by atoms with E-state index >= 15 is 0 Å². The third-order valence-corrected chi connectivity index (χ3v) is 3.00. The van der Waals surface area contributed by atoms with Gasteiger partial charge < -0.3 is 14.8 Å². The number of nitrogens with zero attached hydrogens (tertiary/aromatic N) is 3. The van der Waals surface area contributed by atoms with Crippen molar-refractivity contribution in [3.8, 4) is 0 Å². The summed E-state index contributed by atoms with van der Waals surface area (Å²) in [6, 6.07) is 6.24. The van der Waals surface area contributed by atoms with Crippen molar-refractivity contribution in [2.45, 2.75) is 20.0 Å². The molecule has 0 aromatic carbocycles. The maximum atomic E-state index is 4.17. The number of hydrogen-bond donors (Lipinski definition) is 1. The summed E-state index contributed by atoms with van der Waals surface area (Å²) >= 11 is 0. The second-order valence-corrected chi connectivity index (χ2v) is 4.43. The van der Waals surface area contributed by atoms with E-state index in [4.69, 9.17) is 0 Å². The van der Waals surface area contributed by atoms with Gasteiger partial charge in [0.25, 0.3) is 0 Å². The lowest BCUT2D eigenvalue weighted by Gasteiger charge is -2.18. The highest BCUT2D eigenvalue weighted by atomic mass is 15.1. The van der Waals surface area contributed by atoms with E-state index in [-0.39, 0.29) is 0 Å². The molecule has 4 nitrogen and oxygen atoms in total. The molecule has 0 saturated heterocycles. The SMILES string of the molecule is CCn1cccc1CNc1cnccc1N(C)C. The Balaban J connectivity index is 2.11. The van der Waals surface area contributed by atoms with Crippen LogP contribution in [0.5, 0.6) is 0 Å². The van der Waals surface area contributed by atoms with Gasteiger partial charge in [-0.15, -0.1) is 0 Å². The van der Waals surface area contributed by atoms with Crippen LogP contribution in [0.2, 0.25) is 0 Å². The highest BCUT2D eigenvalue weighted by Crippen LogP contribution is 2.22. The Morgan fingerprint density at radius 2 is 2.17 bits per heavy atom. The molecule has 0 unspecified atom stereocenters. The first-order valence-electron chi connectivity index (χ1n) is 6.21. The number of rotatable bonds is 5. The van der Waals surface area contributed by atoms with Crippen molar-refractivity contribution in [1.29, 1.82) is 0 Å². The molecule has 0 atom stereocenters. The van der Waals surface area contributed by atoms with Crippen LogP contribution >= 0.6 is 0 Å². The third kappa shape index (κ3) is 2.64. The fraction of sp³-hybridized carbons (Fsp3) is 0.357. The van der Waals surface area contributed by atoms with Crippen LogP contribution in [0.3, 0.4) is 0 Å². The van der Waals surface area contributed by atoms with Crippen LogP contribution in [0.25, 0.3) is 0 Å². The van der Waals surface area contributed by atoms with Gasteiger partial charge in [0.1, 0.15) is 0 Å². The fourth-order valence-corrected chi connectivity index (χ4v) is 2.02. The first kappa shape index (κ1) is 12.5. The van der Waals surface area contributed by atoms with Crippen LogP contribution < -0.4 is 10.2 Å². The van der Waals surface area contributed by atoms with Crippen LogP contribution in [0.1, 0.15) is 12.6 Å². The molecule has 2 heterocycles. The predicted octanol–water partition coefficient (Wildman–Crippen LogP) is 2.58. The van der Waals surface area contributed by atoms with Crippen molar-refractivity contribution >= 4 is 11.4 Å². The van der Waals surface area contributed by atoms with E-state index in [0.29, 0.717) is 0 Å². The molecule has 2 aromatic rings. The number of pyridine rings is 1. The lowest BCUT2D eigenvalue weighted by atomic mass is 10.3. The Morgan fingerprint density at radius 3 is 2.89 bits per heavy atom. The number of anilines is 2. The molecule has 0 aliphatic rings. The van der Waals surface area contributed by atoms with E-state index < -0.39 is 0 Å². The Hall–Kier alpha value is -1.97.